The Morgan fingerprint density at radius 2 is 1.80 bits per heavy atom. The summed E-state index contributed by atoms with van der Waals surface area (Å²) in [5.74, 6) is -3.52. The summed E-state index contributed by atoms with van der Waals surface area (Å²) in [6, 6.07) is 0. The van der Waals surface area contributed by atoms with Crippen molar-refractivity contribution in [2.24, 2.45) is 11.1 Å². The zero-order valence-electron chi connectivity index (χ0n) is 8.89. The van der Waals surface area contributed by atoms with Crippen LogP contribution in [0.5, 0.6) is 0 Å². The highest BCUT2D eigenvalue weighted by Gasteiger charge is 2.59. The van der Waals surface area contributed by atoms with Gasteiger partial charge < -0.3 is 15.2 Å². The van der Waals surface area contributed by atoms with Crippen LogP contribution in [0.15, 0.2) is 0 Å². The van der Waals surface area contributed by atoms with Gasteiger partial charge in [0.15, 0.2) is 5.79 Å². The van der Waals surface area contributed by atoms with Crippen LogP contribution >= 0.6 is 0 Å². The molecule has 0 aromatic heterocycles. The molecule has 0 aromatic carbocycles. The van der Waals surface area contributed by atoms with Crippen molar-refractivity contribution in [1.29, 1.82) is 0 Å². The fourth-order valence-corrected chi connectivity index (χ4v) is 2.43. The highest BCUT2D eigenvalue weighted by molar-refractivity contribution is 5.00. The highest BCUT2D eigenvalue weighted by Crippen LogP contribution is 2.53. The molecule has 1 heterocycles. The second kappa shape index (κ2) is 3.37. The van der Waals surface area contributed by atoms with Crippen molar-refractivity contribution in [2.75, 3.05) is 19.8 Å². The summed E-state index contributed by atoms with van der Waals surface area (Å²) in [5, 5.41) is 0. The third kappa shape index (κ3) is 1.66. The van der Waals surface area contributed by atoms with Gasteiger partial charge >= 0.3 is 0 Å². The van der Waals surface area contributed by atoms with Gasteiger partial charge in [0.05, 0.1) is 13.2 Å². The van der Waals surface area contributed by atoms with E-state index in [0.717, 1.165) is 0 Å². The molecule has 1 saturated heterocycles. The van der Waals surface area contributed by atoms with Crippen LogP contribution in [0.25, 0.3) is 0 Å². The number of ether oxygens (including phenoxy) is 2. The lowest BCUT2D eigenvalue weighted by Crippen LogP contribution is -2.55. The molecule has 2 rings (SSSR count). The smallest absolute Gasteiger partial charge is 0.255 e. The molecule has 88 valence electrons. The Morgan fingerprint density at radius 1 is 1.20 bits per heavy atom. The zero-order valence-corrected chi connectivity index (χ0v) is 8.89. The van der Waals surface area contributed by atoms with E-state index < -0.39 is 17.1 Å². The van der Waals surface area contributed by atoms with Gasteiger partial charge in [0.25, 0.3) is 5.92 Å². The van der Waals surface area contributed by atoms with E-state index in [-0.39, 0.29) is 25.8 Å². The molecule has 1 spiro atoms. The molecule has 15 heavy (non-hydrogen) atoms. The van der Waals surface area contributed by atoms with E-state index in [4.69, 9.17) is 15.2 Å². The van der Waals surface area contributed by atoms with E-state index >= 15 is 0 Å². The minimum Gasteiger partial charge on any atom is -0.348 e. The Bertz CT molecular complexity index is 254. The van der Waals surface area contributed by atoms with E-state index in [1.54, 1.807) is 0 Å². The van der Waals surface area contributed by atoms with Crippen LogP contribution in [0.1, 0.15) is 26.2 Å². The standard InChI is InChI=1S/C10H17F2NO2/c1-8(7-13)6-9(14-4-5-15-9)2-3-10(8,11)12/h2-7,13H2,1H3/t8-/m0/s1. The Hall–Kier alpha value is -0.260. The summed E-state index contributed by atoms with van der Waals surface area (Å²) >= 11 is 0. The number of nitrogens with two attached hydrogens (primary N) is 1. The normalized spacial score (nSPS) is 38.4. The second-order valence-corrected chi connectivity index (χ2v) is 4.75. The van der Waals surface area contributed by atoms with Crippen molar-refractivity contribution in [3.05, 3.63) is 0 Å². The van der Waals surface area contributed by atoms with E-state index in [1.807, 2.05) is 0 Å². The van der Waals surface area contributed by atoms with Crippen molar-refractivity contribution in [1.82, 2.24) is 0 Å². The molecule has 2 N–H and O–H groups in total. The Labute approximate surface area is 87.9 Å². The maximum absolute atomic E-state index is 13.7. The molecule has 1 aliphatic carbocycles. The van der Waals surface area contributed by atoms with E-state index in [0.29, 0.717) is 13.2 Å². The maximum Gasteiger partial charge on any atom is 0.255 e. The first-order valence-electron chi connectivity index (χ1n) is 5.29. The monoisotopic (exact) mass is 221 g/mol. The van der Waals surface area contributed by atoms with Gasteiger partial charge in [0.1, 0.15) is 0 Å². The van der Waals surface area contributed by atoms with E-state index in [1.165, 1.54) is 6.92 Å². The van der Waals surface area contributed by atoms with Gasteiger partial charge in [-0.3, -0.25) is 0 Å². The van der Waals surface area contributed by atoms with Gasteiger partial charge in [-0.05, 0) is 0 Å². The molecule has 2 aliphatic rings. The zero-order chi connectivity index (χ0) is 11.2. The van der Waals surface area contributed by atoms with Crippen LogP contribution < -0.4 is 5.73 Å². The average Bonchev–Trinajstić information content (AvgIpc) is 2.62. The molecule has 0 unspecified atom stereocenters. The molecule has 0 bridgehead atoms. The summed E-state index contributed by atoms with van der Waals surface area (Å²) in [4.78, 5) is 0. The average molecular weight is 221 g/mol. The maximum atomic E-state index is 13.7. The van der Waals surface area contributed by atoms with E-state index in [9.17, 15) is 8.78 Å². The van der Waals surface area contributed by atoms with Gasteiger partial charge in [-0.1, -0.05) is 6.92 Å². The lowest BCUT2D eigenvalue weighted by Gasteiger charge is -2.47. The van der Waals surface area contributed by atoms with Crippen molar-refractivity contribution >= 4 is 0 Å². The molecule has 0 amide bonds. The van der Waals surface area contributed by atoms with Crippen LogP contribution in [0.4, 0.5) is 8.78 Å². The Kier molecular flexibility index (Phi) is 2.52. The summed E-state index contributed by atoms with van der Waals surface area (Å²) in [6.07, 6.45) is 0.236. The molecule has 1 atom stereocenters. The van der Waals surface area contributed by atoms with Crippen molar-refractivity contribution in [3.8, 4) is 0 Å². The fraction of sp³-hybridized carbons (Fsp3) is 1.00. The molecule has 3 nitrogen and oxygen atoms in total. The molecule has 1 aliphatic heterocycles. The van der Waals surface area contributed by atoms with Gasteiger partial charge in [-0.2, -0.15) is 0 Å². The first kappa shape index (κ1) is 11.2. The lowest BCUT2D eigenvalue weighted by atomic mass is 9.70. The number of rotatable bonds is 1. The SMILES string of the molecule is C[C@@]1(CN)CC2(CCC1(F)F)OCCO2. The number of alkyl halides is 2. The summed E-state index contributed by atoms with van der Waals surface area (Å²) in [5.41, 5.74) is 4.26. The van der Waals surface area contributed by atoms with Gasteiger partial charge in [-0.25, -0.2) is 8.78 Å². The van der Waals surface area contributed by atoms with Crippen LogP contribution in [0.2, 0.25) is 0 Å². The van der Waals surface area contributed by atoms with Gasteiger partial charge in [0, 0.05) is 31.2 Å². The van der Waals surface area contributed by atoms with Crippen molar-refractivity contribution < 1.29 is 18.3 Å². The molecule has 5 heteroatoms. The van der Waals surface area contributed by atoms with Crippen LogP contribution in [0, 0.1) is 5.41 Å². The van der Waals surface area contributed by atoms with Crippen molar-refractivity contribution in [2.45, 2.75) is 37.9 Å². The fourth-order valence-electron chi connectivity index (χ4n) is 2.43. The number of halogens is 2. The summed E-state index contributed by atoms with van der Waals surface area (Å²) in [7, 11) is 0. The van der Waals surface area contributed by atoms with E-state index in [2.05, 4.69) is 0 Å². The van der Waals surface area contributed by atoms with Crippen LogP contribution in [0.3, 0.4) is 0 Å². The van der Waals surface area contributed by atoms with Gasteiger partial charge in [0.2, 0.25) is 0 Å². The Morgan fingerprint density at radius 3 is 2.33 bits per heavy atom. The third-order valence-corrected chi connectivity index (χ3v) is 3.63. The molecule has 0 aromatic rings. The van der Waals surface area contributed by atoms with Gasteiger partial charge in [-0.15, -0.1) is 0 Å². The summed E-state index contributed by atoms with van der Waals surface area (Å²) < 4.78 is 38.3. The molecule has 2 fully saturated rings. The van der Waals surface area contributed by atoms with Crippen molar-refractivity contribution in [3.63, 3.8) is 0 Å². The van der Waals surface area contributed by atoms with Crippen LogP contribution in [-0.4, -0.2) is 31.5 Å². The lowest BCUT2D eigenvalue weighted by molar-refractivity contribution is -0.257. The second-order valence-electron chi connectivity index (χ2n) is 4.75. The minimum atomic E-state index is -2.72. The summed E-state index contributed by atoms with van der Waals surface area (Å²) in [6.45, 7) is 2.45. The van der Waals surface area contributed by atoms with Crippen LogP contribution in [-0.2, 0) is 9.47 Å². The Balaban J connectivity index is 2.20. The largest absolute Gasteiger partial charge is 0.348 e. The molecule has 1 saturated carbocycles. The first-order chi connectivity index (χ1) is 6.93. The molecule has 0 radical (unpaired) electrons. The predicted molar refractivity (Wildman–Crippen MR) is 50.6 cm³/mol. The predicted octanol–water partition coefficient (Wildman–Crippen LogP) is 1.51. The third-order valence-electron chi connectivity index (χ3n) is 3.63. The highest BCUT2D eigenvalue weighted by atomic mass is 19.3. The first-order valence-corrected chi connectivity index (χ1v) is 5.29. The molecular weight excluding hydrogens is 204 g/mol. The minimum absolute atomic E-state index is 0.0472. The number of hydrogen-bond acceptors (Lipinski definition) is 3. The quantitative estimate of drug-likeness (QED) is 0.730. The topological polar surface area (TPSA) is 44.5 Å². The number of hydrogen-bond donors (Lipinski definition) is 1. The molecular formula is C10H17F2NO2.